The number of aromatic nitrogens is 2. The largest absolute Gasteiger partial charge is 0.491 e. The van der Waals surface area contributed by atoms with Crippen LogP contribution in [0.3, 0.4) is 0 Å². The minimum atomic E-state index is -0.421. The first kappa shape index (κ1) is 12.3. The van der Waals surface area contributed by atoms with Crippen LogP contribution in [0.4, 0.5) is 10.3 Å². The molecule has 0 aliphatic heterocycles. The number of benzene rings is 1. The van der Waals surface area contributed by atoms with Gasteiger partial charge < -0.3 is 4.74 Å². The number of nitrogens with two attached hydrogens (primary N) is 1. The maximum atomic E-state index is 13.7. The van der Waals surface area contributed by atoms with E-state index in [9.17, 15) is 4.39 Å². The van der Waals surface area contributed by atoms with Gasteiger partial charge in [0.25, 0.3) is 0 Å². The molecule has 0 saturated heterocycles. The number of nitrogens with one attached hydrogen (secondary N) is 1. The third-order valence-corrected chi connectivity index (χ3v) is 2.31. The molecule has 6 heteroatoms. The maximum absolute atomic E-state index is 13.7. The third kappa shape index (κ3) is 2.54. The van der Waals surface area contributed by atoms with Crippen molar-refractivity contribution in [1.29, 1.82) is 0 Å². The van der Waals surface area contributed by atoms with E-state index < -0.39 is 5.82 Å². The van der Waals surface area contributed by atoms with E-state index in [-0.39, 0.29) is 11.7 Å². The maximum Gasteiger partial charge on any atom is 0.237 e. The first-order chi connectivity index (χ1) is 8.74. The summed E-state index contributed by atoms with van der Waals surface area (Å²) in [5, 5.41) is 0. The topological polar surface area (TPSA) is 73.1 Å². The molecule has 1 aromatic carbocycles. The van der Waals surface area contributed by atoms with Crippen LogP contribution in [0, 0.1) is 5.82 Å². The molecular formula is C12H13FN4O. The summed E-state index contributed by atoms with van der Waals surface area (Å²) >= 11 is 0. The zero-order valence-corrected chi connectivity index (χ0v) is 9.85. The van der Waals surface area contributed by atoms with Crippen molar-refractivity contribution < 1.29 is 9.13 Å². The lowest BCUT2D eigenvalue weighted by molar-refractivity contribution is 0.321. The van der Waals surface area contributed by atoms with E-state index in [1.807, 2.05) is 0 Å². The second-order valence-corrected chi connectivity index (χ2v) is 3.49. The summed E-state index contributed by atoms with van der Waals surface area (Å²) < 4.78 is 18.8. The van der Waals surface area contributed by atoms with Crippen LogP contribution in [0.1, 0.15) is 6.92 Å². The Hall–Kier alpha value is -2.21. The van der Waals surface area contributed by atoms with Crippen LogP contribution in [0.15, 0.2) is 30.5 Å². The molecule has 2 aromatic rings. The van der Waals surface area contributed by atoms with Gasteiger partial charge in [0.2, 0.25) is 5.95 Å². The van der Waals surface area contributed by atoms with Crippen LogP contribution in [0.2, 0.25) is 0 Å². The highest BCUT2D eigenvalue weighted by molar-refractivity contribution is 5.61. The molecule has 0 amide bonds. The first-order valence-electron chi connectivity index (χ1n) is 5.47. The van der Waals surface area contributed by atoms with Gasteiger partial charge in [-0.25, -0.2) is 20.2 Å². The standard InChI is InChI=1S/C12H13FN4O/c1-2-18-11-4-3-8(7-9(11)13)10-5-6-15-12(16-10)17-14/h3-7H,2,14H2,1H3,(H,15,16,17). The SMILES string of the molecule is CCOc1ccc(-c2ccnc(NN)n2)cc1F. The molecule has 1 heterocycles. The molecule has 5 nitrogen and oxygen atoms in total. The summed E-state index contributed by atoms with van der Waals surface area (Å²) in [6.07, 6.45) is 1.55. The Kier molecular flexibility index (Phi) is 3.69. The van der Waals surface area contributed by atoms with Gasteiger partial charge in [-0.15, -0.1) is 0 Å². The summed E-state index contributed by atoms with van der Waals surface area (Å²) in [6.45, 7) is 2.22. The van der Waals surface area contributed by atoms with E-state index in [0.29, 0.717) is 17.9 Å². The summed E-state index contributed by atoms with van der Waals surface area (Å²) in [6, 6.07) is 6.35. The first-order valence-corrected chi connectivity index (χ1v) is 5.47. The molecule has 0 atom stereocenters. The lowest BCUT2D eigenvalue weighted by Gasteiger charge is -2.07. The van der Waals surface area contributed by atoms with Gasteiger partial charge >= 0.3 is 0 Å². The van der Waals surface area contributed by atoms with Gasteiger partial charge in [-0.05, 0) is 31.2 Å². The molecule has 3 N–H and O–H groups in total. The van der Waals surface area contributed by atoms with Crippen molar-refractivity contribution in [3.05, 3.63) is 36.3 Å². The minimum absolute atomic E-state index is 0.229. The molecule has 0 bridgehead atoms. The third-order valence-electron chi connectivity index (χ3n) is 2.31. The number of nitrogen functional groups attached to an aromatic ring is 1. The molecule has 0 aliphatic rings. The lowest BCUT2D eigenvalue weighted by atomic mass is 10.1. The summed E-state index contributed by atoms with van der Waals surface area (Å²) in [7, 11) is 0. The Morgan fingerprint density at radius 1 is 1.39 bits per heavy atom. The fourth-order valence-corrected chi connectivity index (χ4v) is 1.52. The average Bonchev–Trinajstić information content (AvgIpc) is 2.41. The molecule has 0 radical (unpaired) electrons. The van der Waals surface area contributed by atoms with Crippen LogP contribution in [-0.4, -0.2) is 16.6 Å². The highest BCUT2D eigenvalue weighted by atomic mass is 19.1. The molecule has 1 aromatic heterocycles. The summed E-state index contributed by atoms with van der Waals surface area (Å²) in [4.78, 5) is 8.01. The van der Waals surface area contributed by atoms with Crippen LogP contribution >= 0.6 is 0 Å². The average molecular weight is 248 g/mol. The Morgan fingerprint density at radius 2 is 2.22 bits per heavy atom. The Labute approximate surface area is 104 Å². The van der Waals surface area contributed by atoms with E-state index in [4.69, 9.17) is 10.6 Å². The monoisotopic (exact) mass is 248 g/mol. The van der Waals surface area contributed by atoms with E-state index in [1.165, 1.54) is 6.07 Å². The van der Waals surface area contributed by atoms with Crippen molar-refractivity contribution in [3.8, 4) is 17.0 Å². The molecule has 18 heavy (non-hydrogen) atoms. The van der Waals surface area contributed by atoms with Crippen molar-refractivity contribution in [2.24, 2.45) is 5.84 Å². The molecule has 0 spiro atoms. The smallest absolute Gasteiger partial charge is 0.237 e. The molecule has 0 unspecified atom stereocenters. The van der Waals surface area contributed by atoms with E-state index in [1.54, 1.807) is 31.3 Å². The fourth-order valence-electron chi connectivity index (χ4n) is 1.52. The van der Waals surface area contributed by atoms with Gasteiger partial charge in [-0.3, -0.25) is 5.43 Å². The number of halogens is 1. The number of anilines is 1. The van der Waals surface area contributed by atoms with Crippen molar-refractivity contribution >= 4 is 5.95 Å². The predicted molar refractivity (Wildman–Crippen MR) is 66.4 cm³/mol. The van der Waals surface area contributed by atoms with Crippen LogP contribution in [0.5, 0.6) is 5.75 Å². The zero-order valence-electron chi connectivity index (χ0n) is 9.85. The number of ether oxygens (including phenoxy) is 1. The van der Waals surface area contributed by atoms with Gasteiger partial charge in [0, 0.05) is 11.8 Å². The minimum Gasteiger partial charge on any atom is -0.491 e. The second kappa shape index (κ2) is 5.42. The second-order valence-electron chi connectivity index (χ2n) is 3.49. The van der Waals surface area contributed by atoms with E-state index >= 15 is 0 Å². The van der Waals surface area contributed by atoms with Crippen LogP contribution in [0.25, 0.3) is 11.3 Å². The van der Waals surface area contributed by atoms with Crippen molar-refractivity contribution in [1.82, 2.24) is 9.97 Å². The molecule has 94 valence electrons. The quantitative estimate of drug-likeness (QED) is 0.639. The molecule has 0 fully saturated rings. The Morgan fingerprint density at radius 3 is 2.89 bits per heavy atom. The Balaban J connectivity index is 2.35. The number of hydrogen-bond donors (Lipinski definition) is 2. The molecule has 0 aliphatic carbocycles. The molecule has 0 saturated carbocycles. The molecular weight excluding hydrogens is 235 g/mol. The van der Waals surface area contributed by atoms with Gasteiger partial charge in [0.15, 0.2) is 11.6 Å². The van der Waals surface area contributed by atoms with Crippen LogP contribution < -0.4 is 16.0 Å². The van der Waals surface area contributed by atoms with E-state index in [2.05, 4.69) is 15.4 Å². The number of hydrazine groups is 1. The van der Waals surface area contributed by atoms with Gasteiger partial charge in [-0.2, -0.15) is 0 Å². The summed E-state index contributed by atoms with van der Waals surface area (Å²) in [5.74, 6) is 5.31. The molecule has 2 rings (SSSR count). The summed E-state index contributed by atoms with van der Waals surface area (Å²) in [5.41, 5.74) is 3.56. The van der Waals surface area contributed by atoms with Gasteiger partial charge in [0.1, 0.15) is 0 Å². The van der Waals surface area contributed by atoms with Crippen molar-refractivity contribution in [2.45, 2.75) is 6.92 Å². The van der Waals surface area contributed by atoms with Crippen LogP contribution in [-0.2, 0) is 0 Å². The lowest BCUT2D eigenvalue weighted by Crippen LogP contribution is -2.10. The Bertz CT molecular complexity index is 547. The number of nitrogens with zero attached hydrogens (tertiary/aromatic N) is 2. The normalized spacial score (nSPS) is 10.2. The van der Waals surface area contributed by atoms with Gasteiger partial charge in [0.05, 0.1) is 12.3 Å². The number of rotatable bonds is 4. The van der Waals surface area contributed by atoms with Crippen molar-refractivity contribution in [3.63, 3.8) is 0 Å². The highest BCUT2D eigenvalue weighted by Crippen LogP contribution is 2.24. The highest BCUT2D eigenvalue weighted by Gasteiger charge is 2.07. The fraction of sp³-hybridized carbons (Fsp3) is 0.167. The zero-order chi connectivity index (χ0) is 13.0. The predicted octanol–water partition coefficient (Wildman–Crippen LogP) is 1.97. The van der Waals surface area contributed by atoms with E-state index in [0.717, 1.165) is 0 Å². The van der Waals surface area contributed by atoms with Crippen molar-refractivity contribution in [2.75, 3.05) is 12.0 Å². The van der Waals surface area contributed by atoms with Gasteiger partial charge in [-0.1, -0.05) is 0 Å². The number of hydrogen-bond acceptors (Lipinski definition) is 5.